The molecule has 1 heterocycles. The third-order valence-electron chi connectivity index (χ3n) is 1.54. The van der Waals surface area contributed by atoms with Gasteiger partial charge in [-0.05, 0) is 11.4 Å². The Bertz CT molecular complexity index is 445. The van der Waals surface area contributed by atoms with Crippen molar-refractivity contribution in [3.8, 4) is 5.75 Å². The van der Waals surface area contributed by atoms with Crippen LogP contribution in [-0.2, 0) is 9.84 Å². The van der Waals surface area contributed by atoms with E-state index in [1.807, 2.05) is 0 Å². The minimum atomic E-state index is -3.08. The van der Waals surface area contributed by atoms with Gasteiger partial charge < -0.3 is 9.84 Å². The summed E-state index contributed by atoms with van der Waals surface area (Å²) in [6, 6.07) is 1.51. The van der Waals surface area contributed by atoms with Gasteiger partial charge in [-0.3, -0.25) is 0 Å². The highest BCUT2D eigenvalue weighted by Crippen LogP contribution is 2.24. The zero-order valence-corrected chi connectivity index (χ0v) is 9.60. The number of thiophene rings is 1. The Morgan fingerprint density at radius 2 is 2.27 bits per heavy atom. The fraction of sp³-hybridized carbons (Fsp3) is 0.375. The molecule has 15 heavy (non-hydrogen) atoms. The van der Waals surface area contributed by atoms with E-state index in [0.717, 1.165) is 17.6 Å². The lowest BCUT2D eigenvalue weighted by molar-refractivity contribution is 0.0698. The highest BCUT2D eigenvalue weighted by atomic mass is 32.2. The quantitative estimate of drug-likeness (QED) is 0.838. The smallest absolute Gasteiger partial charge is 0.349 e. The van der Waals surface area contributed by atoms with Crippen LogP contribution in [-0.4, -0.2) is 38.1 Å². The van der Waals surface area contributed by atoms with Crippen LogP contribution in [0.5, 0.6) is 5.75 Å². The SMILES string of the molecule is CS(=O)(=O)CCOc1ccsc1C(=O)O. The van der Waals surface area contributed by atoms with Gasteiger partial charge in [-0.25, -0.2) is 13.2 Å². The number of sulfone groups is 1. The topological polar surface area (TPSA) is 80.7 Å². The summed E-state index contributed by atoms with van der Waals surface area (Å²) in [6.07, 6.45) is 1.10. The Morgan fingerprint density at radius 1 is 1.60 bits per heavy atom. The zero-order valence-electron chi connectivity index (χ0n) is 7.97. The molecule has 0 aliphatic heterocycles. The van der Waals surface area contributed by atoms with Gasteiger partial charge in [-0.15, -0.1) is 11.3 Å². The number of rotatable bonds is 5. The summed E-state index contributed by atoms with van der Waals surface area (Å²) in [7, 11) is -3.08. The molecule has 0 bridgehead atoms. The van der Waals surface area contributed by atoms with Crippen LogP contribution in [0.2, 0.25) is 0 Å². The molecule has 0 aliphatic rings. The average Bonchev–Trinajstić information content (AvgIpc) is 2.49. The molecule has 0 saturated carbocycles. The standard InChI is InChI=1S/C8H10O5S2/c1-15(11,12)5-3-13-6-2-4-14-7(6)8(9)10/h2,4H,3,5H2,1H3,(H,9,10). The third-order valence-corrected chi connectivity index (χ3v) is 3.33. The fourth-order valence-corrected chi connectivity index (χ4v) is 1.93. The lowest BCUT2D eigenvalue weighted by Gasteiger charge is -2.03. The van der Waals surface area contributed by atoms with Gasteiger partial charge in [-0.2, -0.15) is 0 Å². The van der Waals surface area contributed by atoms with Gasteiger partial charge in [0.1, 0.15) is 12.4 Å². The van der Waals surface area contributed by atoms with Gasteiger partial charge in [0.05, 0.1) is 5.75 Å². The van der Waals surface area contributed by atoms with Crippen molar-refractivity contribution in [1.29, 1.82) is 0 Å². The number of aromatic carboxylic acids is 1. The van der Waals surface area contributed by atoms with Crippen LogP contribution < -0.4 is 4.74 Å². The third kappa shape index (κ3) is 3.88. The van der Waals surface area contributed by atoms with Crippen molar-refractivity contribution in [1.82, 2.24) is 0 Å². The summed E-state index contributed by atoms with van der Waals surface area (Å²) < 4.78 is 26.6. The van der Waals surface area contributed by atoms with E-state index >= 15 is 0 Å². The maximum Gasteiger partial charge on any atom is 0.349 e. The summed E-state index contributed by atoms with van der Waals surface area (Å²) >= 11 is 1.04. The van der Waals surface area contributed by atoms with E-state index < -0.39 is 15.8 Å². The van der Waals surface area contributed by atoms with E-state index in [1.165, 1.54) is 6.07 Å². The number of hydrogen-bond donors (Lipinski definition) is 1. The van der Waals surface area contributed by atoms with Crippen LogP contribution in [0.4, 0.5) is 0 Å². The maximum absolute atomic E-state index is 10.8. The minimum Gasteiger partial charge on any atom is -0.491 e. The van der Waals surface area contributed by atoms with Gasteiger partial charge in [0.2, 0.25) is 0 Å². The van der Waals surface area contributed by atoms with Crippen LogP contribution in [0.15, 0.2) is 11.4 Å². The number of ether oxygens (including phenoxy) is 1. The Balaban J connectivity index is 2.58. The molecular weight excluding hydrogens is 240 g/mol. The molecule has 0 aliphatic carbocycles. The lowest BCUT2D eigenvalue weighted by Crippen LogP contribution is -2.12. The highest BCUT2D eigenvalue weighted by molar-refractivity contribution is 7.90. The van der Waals surface area contributed by atoms with Gasteiger partial charge in [0.25, 0.3) is 0 Å². The molecule has 0 aromatic carbocycles. The first-order chi connectivity index (χ1) is 6.90. The molecule has 84 valence electrons. The number of hydrogen-bond acceptors (Lipinski definition) is 5. The van der Waals surface area contributed by atoms with Gasteiger partial charge in [0.15, 0.2) is 14.7 Å². The van der Waals surface area contributed by atoms with Crippen molar-refractivity contribution in [2.75, 3.05) is 18.6 Å². The van der Waals surface area contributed by atoms with Gasteiger partial charge >= 0.3 is 5.97 Å². The molecule has 1 aromatic heterocycles. The summed E-state index contributed by atoms with van der Waals surface area (Å²) in [5.41, 5.74) is 0. The van der Waals surface area contributed by atoms with Crippen LogP contribution in [0.25, 0.3) is 0 Å². The van der Waals surface area contributed by atoms with Crippen molar-refractivity contribution in [3.63, 3.8) is 0 Å². The van der Waals surface area contributed by atoms with E-state index in [2.05, 4.69) is 0 Å². The Labute approximate surface area is 91.2 Å². The lowest BCUT2D eigenvalue weighted by atomic mass is 10.4. The largest absolute Gasteiger partial charge is 0.491 e. The van der Waals surface area contributed by atoms with E-state index in [9.17, 15) is 13.2 Å². The Kier molecular flexibility index (Phi) is 3.70. The molecule has 7 heteroatoms. The molecule has 0 fully saturated rings. The van der Waals surface area contributed by atoms with Gasteiger partial charge in [-0.1, -0.05) is 0 Å². The van der Waals surface area contributed by atoms with Gasteiger partial charge in [0, 0.05) is 6.26 Å². The van der Waals surface area contributed by atoms with Crippen molar-refractivity contribution >= 4 is 27.1 Å². The molecule has 0 saturated heterocycles. The van der Waals surface area contributed by atoms with Crippen molar-refractivity contribution in [3.05, 3.63) is 16.3 Å². The summed E-state index contributed by atoms with van der Waals surface area (Å²) in [5.74, 6) is -0.974. The summed E-state index contributed by atoms with van der Waals surface area (Å²) in [4.78, 5) is 10.7. The average molecular weight is 250 g/mol. The first-order valence-electron chi connectivity index (χ1n) is 4.01. The molecule has 0 spiro atoms. The van der Waals surface area contributed by atoms with E-state index in [-0.39, 0.29) is 23.0 Å². The number of carbonyl (C=O) groups is 1. The second kappa shape index (κ2) is 4.63. The summed E-state index contributed by atoms with van der Waals surface area (Å²) in [5, 5.41) is 10.3. The minimum absolute atomic E-state index is 0.0319. The van der Waals surface area contributed by atoms with Crippen LogP contribution in [0.1, 0.15) is 9.67 Å². The Hall–Kier alpha value is -1.08. The van der Waals surface area contributed by atoms with E-state index in [1.54, 1.807) is 5.38 Å². The molecule has 1 aromatic rings. The van der Waals surface area contributed by atoms with Crippen LogP contribution in [0.3, 0.4) is 0 Å². The van der Waals surface area contributed by atoms with Crippen LogP contribution >= 0.6 is 11.3 Å². The monoisotopic (exact) mass is 250 g/mol. The molecule has 5 nitrogen and oxygen atoms in total. The summed E-state index contributed by atoms with van der Waals surface area (Å²) in [6.45, 7) is -0.0319. The molecule has 1 rings (SSSR count). The molecule has 0 radical (unpaired) electrons. The normalized spacial score (nSPS) is 11.3. The molecular formula is C8H10O5S2. The fourth-order valence-electron chi connectivity index (χ4n) is 0.870. The number of carboxylic acids is 1. The van der Waals surface area contributed by atoms with Crippen LogP contribution in [0, 0.1) is 0 Å². The second-order valence-corrected chi connectivity index (χ2v) is 6.07. The predicted molar refractivity (Wildman–Crippen MR) is 56.5 cm³/mol. The van der Waals surface area contributed by atoms with E-state index in [4.69, 9.17) is 9.84 Å². The molecule has 0 unspecified atom stereocenters. The molecule has 0 atom stereocenters. The molecule has 0 amide bonds. The van der Waals surface area contributed by atoms with E-state index in [0.29, 0.717) is 0 Å². The maximum atomic E-state index is 10.8. The Morgan fingerprint density at radius 3 is 2.80 bits per heavy atom. The highest BCUT2D eigenvalue weighted by Gasteiger charge is 2.13. The van der Waals surface area contributed by atoms with Crippen molar-refractivity contribution < 1.29 is 23.1 Å². The van der Waals surface area contributed by atoms with Crippen molar-refractivity contribution in [2.24, 2.45) is 0 Å². The predicted octanol–water partition coefficient (Wildman–Crippen LogP) is 0.870. The second-order valence-electron chi connectivity index (χ2n) is 2.90. The number of carboxylic acid groups (broad SMARTS) is 1. The first kappa shape index (κ1) is 12.0. The first-order valence-corrected chi connectivity index (χ1v) is 6.95. The van der Waals surface area contributed by atoms with Crippen molar-refractivity contribution in [2.45, 2.75) is 0 Å². The zero-order chi connectivity index (χ0) is 11.5. The molecule has 1 N–H and O–H groups in total.